The Morgan fingerprint density at radius 3 is 2.35 bits per heavy atom. The van der Waals surface area contributed by atoms with Gasteiger partial charge < -0.3 is 5.32 Å². The Morgan fingerprint density at radius 2 is 1.81 bits per heavy atom. The predicted octanol–water partition coefficient (Wildman–Crippen LogP) is 3.22. The van der Waals surface area contributed by atoms with Gasteiger partial charge in [0, 0.05) is 9.26 Å². The third-order valence-electron chi connectivity index (χ3n) is 3.17. The first-order chi connectivity index (χ1) is 12.2. The molecule has 1 amide bonds. The van der Waals surface area contributed by atoms with E-state index < -0.39 is 27.9 Å². The summed E-state index contributed by atoms with van der Waals surface area (Å²) in [6.45, 7) is 1.22. The van der Waals surface area contributed by atoms with Crippen LogP contribution in [0.1, 0.15) is 6.92 Å². The molecule has 136 valence electrons. The number of ketones is 1. The van der Waals surface area contributed by atoms with Gasteiger partial charge in [-0.1, -0.05) is 18.2 Å². The molecular formula is C16H14IN3O5S. The zero-order valence-corrected chi connectivity index (χ0v) is 16.4. The molecule has 1 unspecified atom stereocenters. The van der Waals surface area contributed by atoms with E-state index in [4.69, 9.17) is 4.55 Å². The molecule has 0 fully saturated rings. The number of carbonyl (C=O) groups excluding carboxylic acids is 2. The van der Waals surface area contributed by atoms with Gasteiger partial charge in [-0.2, -0.15) is 18.6 Å². The molecule has 2 aromatic rings. The lowest BCUT2D eigenvalue weighted by Crippen LogP contribution is -2.31. The maximum atomic E-state index is 12.2. The number of anilines is 1. The van der Waals surface area contributed by atoms with Gasteiger partial charge in [0.2, 0.25) is 6.04 Å². The van der Waals surface area contributed by atoms with Gasteiger partial charge in [-0.3, -0.25) is 14.1 Å². The number of nitrogens with one attached hydrogen (secondary N) is 1. The molecule has 0 bridgehead atoms. The largest absolute Gasteiger partial charge is 0.324 e. The van der Waals surface area contributed by atoms with Crippen molar-refractivity contribution in [3.8, 4) is 0 Å². The lowest BCUT2D eigenvalue weighted by Gasteiger charge is -2.09. The second-order valence-electron chi connectivity index (χ2n) is 5.17. The Morgan fingerprint density at radius 1 is 1.15 bits per heavy atom. The molecule has 10 heteroatoms. The van der Waals surface area contributed by atoms with Crippen LogP contribution in [-0.2, 0) is 19.7 Å². The van der Waals surface area contributed by atoms with Crippen molar-refractivity contribution < 1.29 is 22.6 Å². The van der Waals surface area contributed by atoms with Crippen LogP contribution in [0.15, 0.2) is 63.7 Å². The molecule has 0 saturated carbocycles. The SMILES string of the molecule is CC(=O)C(/N=N/c1ccc(S(=O)(=O)O)cc1I)C(=O)Nc1ccccc1. The standard InChI is InChI=1S/C16H14IN3O5S/c1-10(21)15(16(22)18-11-5-3-2-4-6-11)20-19-14-8-7-12(9-13(14)17)26(23,24)25/h2-9,15H,1H3,(H,18,22)(H,23,24,25)/b20-19+. The van der Waals surface area contributed by atoms with Gasteiger partial charge in [0.1, 0.15) is 0 Å². The zero-order chi connectivity index (χ0) is 19.3. The number of hydrogen-bond acceptors (Lipinski definition) is 6. The highest BCUT2D eigenvalue weighted by Gasteiger charge is 2.23. The van der Waals surface area contributed by atoms with Gasteiger partial charge in [0.15, 0.2) is 5.78 Å². The number of azo groups is 1. The number of hydrogen-bond donors (Lipinski definition) is 2. The van der Waals surface area contributed by atoms with E-state index in [1.54, 1.807) is 30.3 Å². The average molecular weight is 487 g/mol. The highest BCUT2D eigenvalue weighted by molar-refractivity contribution is 14.1. The Bertz CT molecular complexity index is 961. The number of amides is 1. The Kier molecular flexibility index (Phi) is 6.56. The van der Waals surface area contributed by atoms with E-state index in [0.717, 1.165) is 6.07 Å². The second-order valence-corrected chi connectivity index (χ2v) is 7.76. The predicted molar refractivity (Wildman–Crippen MR) is 103 cm³/mol. The van der Waals surface area contributed by atoms with E-state index >= 15 is 0 Å². The van der Waals surface area contributed by atoms with Crippen LogP contribution >= 0.6 is 22.6 Å². The first kappa shape index (κ1) is 20.1. The first-order valence-corrected chi connectivity index (χ1v) is 9.74. The minimum atomic E-state index is -4.33. The first-order valence-electron chi connectivity index (χ1n) is 7.23. The van der Waals surface area contributed by atoms with Crippen molar-refractivity contribution in [1.82, 2.24) is 0 Å². The van der Waals surface area contributed by atoms with Crippen LogP contribution in [0.25, 0.3) is 0 Å². The molecular weight excluding hydrogens is 473 g/mol. The summed E-state index contributed by atoms with van der Waals surface area (Å²) in [5.41, 5.74) is 0.780. The van der Waals surface area contributed by atoms with Gasteiger partial charge in [-0.25, -0.2) is 0 Å². The number of halogens is 1. The average Bonchev–Trinajstić information content (AvgIpc) is 2.56. The molecule has 0 aliphatic carbocycles. The highest BCUT2D eigenvalue weighted by atomic mass is 127. The van der Waals surface area contributed by atoms with Crippen LogP contribution in [0.5, 0.6) is 0 Å². The van der Waals surface area contributed by atoms with Gasteiger partial charge >= 0.3 is 0 Å². The van der Waals surface area contributed by atoms with Crippen molar-refractivity contribution >= 4 is 55.8 Å². The second kappa shape index (κ2) is 8.47. The number of nitrogens with zero attached hydrogens (tertiary/aromatic N) is 2. The molecule has 0 radical (unpaired) electrons. The van der Waals surface area contributed by atoms with Crippen molar-refractivity contribution in [3.63, 3.8) is 0 Å². The summed E-state index contributed by atoms with van der Waals surface area (Å²) in [6, 6.07) is 10.9. The molecule has 0 aromatic heterocycles. The Labute approximate surface area is 163 Å². The van der Waals surface area contributed by atoms with Crippen molar-refractivity contribution in [2.45, 2.75) is 17.9 Å². The molecule has 8 nitrogen and oxygen atoms in total. The summed E-state index contributed by atoms with van der Waals surface area (Å²) in [7, 11) is -4.33. The van der Waals surface area contributed by atoms with Crippen LogP contribution in [0, 0.1) is 3.57 Å². The van der Waals surface area contributed by atoms with Crippen LogP contribution in [0.3, 0.4) is 0 Å². The summed E-state index contributed by atoms with van der Waals surface area (Å²) in [5.74, 6) is -1.12. The third-order valence-corrected chi connectivity index (χ3v) is 4.89. The van der Waals surface area contributed by atoms with E-state index in [1.807, 2.05) is 22.6 Å². The molecule has 26 heavy (non-hydrogen) atoms. The molecule has 0 spiro atoms. The smallest absolute Gasteiger partial charge is 0.294 e. The van der Waals surface area contributed by atoms with E-state index in [9.17, 15) is 18.0 Å². The fraction of sp³-hybridized carbons (Fsp3) is 0.125. The van der Waals surface area contributed by atoms with Crippen molar-refractivity contribution in [2.24, 2.45) is 10.2 Å². The summed E-state index contributed by atoms with van der Waals surface area (Å²) in [4.78, 5) is 23.7. The minimum Gasteiger partial charge on any atom is -0.324 e. The fourth-order valence-electron chi connectivity index (χ4n) is 1.90. The monoisotopic (exact) mass is 487 g/mol. The maximum absolute atomic E-state index is 12.2. The minimum absolute atomic E-state index is 0.261. The normalized spacial score (nSPS) is 12.7. The number of para-hydroxylation sites is 1. The van der Waals surface area contributed by atoms with Crippen LogP contribution in [0.4, 0.5) is 11.4 Å². The quantitative estimate of drug-likeness (QED) is 0.280. The summed E-state index contributed by atoms with van der Waals surface area (Å²) in [5, 5.41) is 10.2. The number of carbonyl (C=O) groups is 2. The molecule has 2 rings (SSSR count). The summed E-state index contributed by atoms with van der Waals surface area (Å²) in [6.07, 6.45) is 0. The van der Waals surface area contributed by atoms with Crippen LogP contribution in [0.2, 0.25) is 0 Å². The lowest BCUT2D eigenvalue weighted by atomic mass is 10.2. The topological polar surface area (TPSA) is 125 Å². The van der Waals surface area contributed by atoms with Crippen molar-refractivity contribution in [2.75, 3.05) is 5.32 Å². The van der Waals surface area contributed by atoms with E-state index in [2.05, 4.69) is 15.5 Å². The number of Topliss-reactive ketones (excluding diaryl/α,β-unsaturated/α-hetero) is 1. The van der Waals surface area contributed by atoms with E-state index in [0.29, 0.717) is 9.26 Å². The summed E-state index contributed by atoms with van der Waals surface area (Å²) < 4.78 is 31.6. The number of benzene rings is 2. The maximum Gasteiger partial charge on any atom is 0.294 e. The van der Waals surface area contributed by atoms with E-state index in [-0.39, 0.29) is 10.6 Å². The number of rotatable bonds is 6. The van der Waals surface area contributed by atoms with Crippen LogP contribution in [-0.4, -0.2) is 30.7 Å². The van der Waals surface area contributed by atoms with Crippen molar-refractivity contribution in [3.05, 3.63) is 52.1 Å². The molecule has 0 aliphatic rings. The van der Waals surface area contributed by atoms with Gasteiger partial charge in [-0.15, -0.1) is 0 Å². The lowest BCUT2D eigenvalue weighted by molar-refractivity contribution is -0.126. The molecule has 0 saturated heterocycles. The Hall–Kier alpha value is -2.18. The van der Waals surface area contributed by atoms with Crippen molar-refractivity contribution in [1.29, 1.82) is 0 Å². The molecule has 0 heterocycles. The van der Waals surface area contributed by atoms with Gasteiger partial charge in [0.25, 0.3) is 16.0 Å². The van der Waals surface area contributed by atoms with Gasteiger partial charge in [-0.05, 0) is 59.8 Å². The van der Waals surface area contributed by atoms with Gasteiger partial charge in [0.05, 0.1) is 10.6 Å². The zero-order valence-electron chi connectivity index (χ0n) is 13.5. The molecule has 0 aliphatic heterocycles. The van der Waals surface area contributed by atoms with Crippen LogP contribution < -0.4 is 5.32 Å². The molecule has 1 atom stereocenters. The fourth-order valence-corrected chi connectivity index (χ4v) is 3.24. The van der Waals surface area contributed by atoms with E-state index in [1.165, 1.54) is 19.1 Å². The highest BCUT2D eigenvalue weighted by Crippen LogP contribution is 2.25. The molecule has 2 N–H and O–H groups in total. The summed E-state index contributed by atoms with van der Waals surface area (Å²) >= 11 is 1.81. The third kappa shape index (κ3) is 5.41. The molecule has 2 aromatic carbocycles. The Balaban J connectivity index is 2.22.